The van der Waals surface area contributed by atoms with E-state index in [9.17, 15) is 13.2 Å². The maximum absolute atomic E-state index is 13.2. The summed E-state index contributed by atoms with van der Waals surface area (Å²) >= 11 is 1.36. The zero-order valence-electron chi connectivity index (χ0n) is 16.6. The van der Waals surface area contributed by atoms with Crippen molar-refractivity contribution in [2.75, 3.05) is 19.3 Å². The van der Waals surface area contributed by atoms with Crippen LogP contribution in [0, 0.1) is 0 Å². The number of thiazole rings is 1. The van der Waals surface area contributed by atoms with Crippen molar-refractivity contribution in [3.63, 3.8) is 0 Å². The minimum atomic E-state index is -3.27. The third-order valence-electron chi connectivity index (χ3n) is 5.09. The van der Waals surface area contributed by atoms with Crippen molar-refractivity contribution in [3.05, 3.63) is 65.5 Å². The Balaban J connectivity index is 1.64. The molecule has 30 heavy (non-hydrogen) atoms. The first-order valence-corrected chi connectivity index (χ1v) is 12.5. The number of carbonyl (C=O) groups is 1. The van der Waals surface area contributed by atoms with Gasteiger partial charge in [0.2, 0.25) is 10.0 Å². The molecule has 3 aromatic rings. The van der Waals surface area contributed by atoms with E-state index < -0.39 is 10.0 Å². The molecule has 0 saturated carbocycles. The second kappa shape index (κ2) is 8.67. The van der Waals surface area contributed by atoms with Crippen LogP contribution in [0.2, 0.25) is 0 Å². The number of aromatic nitrogens is 1. The molecule has 0 radical (unpaired) electrons. The fraction of sp³-hybridized carbons (Fsp3) is 0.273. The summed E-state index contributed by atoms with van der Waals surface area (Å²) in [6.07, 6.45) is 2.68. The number of nitrogens with one attached hydrogen (secondary N) is 1. The molecular formula is C22H23N3O3S2. The van der Waals surface area contributed by atoms with Gasteiger partial charge in [0.15, 0.2) is 0 Å². The van der Waals surface area contributed by atoms with E-state index >= 15 is 0 Å². The van der Waals surface area contributed by atoms with Crippen molar-refractivity contribution >= 4 is 27.3 Å². The average molecular weight is 442 g/mol. The van der Waals surface area contributed by atoms with Crippen LogP contribution in [0.15, 0.2) is 60.7 Å². The van der Waals surface area contributed by atoms with Gasteiger partial charge >= 0.3 is 0 Å². The van der Waals surface area contributed by atoms with E-state index in [0.717, 1.165) is 29.0 Å². The first-order chi connectivity index (χ1) is 14.4. The summed E-state index contributed by atoms with van der Waals surface area (Å²) < 4.78 is 25.2. The molecule has 0 aliphatic carbocycles. The van der Waals surface area contributed by atoms with Crippen LogP contribution in [-0.2, 0) is 10.0 Å². The number of sulfonamides is 1. The summed E-state index contributed by atoms with van der Waals surface area (Å²) in [5.41, 5.74) is 2.48. The lowest BCUT2D eigenvalue weighted by Crippen LogP contribution is -2.49. The standard InChI is InChI=1S/C22H23N3O3S2/c1-30(27,28)25-14-8-13-18(15-25)23-21(26)20-19(16-9-4-2-5-10-16)24-22(29-20)17-11-6-3-7-12-17/h2-7,9-12,18H,8,13-15H2,1H3,(H,23,26). The smallest absolute Gasteiger partial charge is 0.263 e. The Morgan fingerprint density at radius 3 is 2.33 bits per heavy atom. The minimum Gasteiger partial charge on any atom is -0.347 e. The summed E-state index contributed by atoms with van der Waals surface area (Å²) in [6, 6.07) is 19.2. The summed E-state index contributed by atoms with van der Waals surface area (Å²) in [5.74, 6) is -0.214. The molecule has 4 rings (SSSR count). The van der Waals surface area contributed by atoms with Crippen LogP contribution < -0.4 is 5.32 Å². The molecule has 1 aliphatic heterocycles. The molecule has 156 valence electrons. The summed E-state index contributed by atoms with van der Waals surface area (Å²) in [6.45, 7) is 0.800. The van der Waals surface area contributed by atoms with Gasteiger partial charge in [0.1, 0.15) is 9.88 Å². The highest BCUT2D eigenvalue weighted by Gasteiger charge is 2.28. The van der Waals surface area contributed by atoms with Crippen molar-refractivity contribution in [1.82, 2.24) is 14.6 Å². The van der Waals surface area contributed by atoms with Crippen LogP contribution in [0.3, 0.4) is 0 Å². The van der Waals surface area contributed by atoms with Crippen molar-refractivity contribution < 1.29 is 13.2 Å². The normalized spacial score (nSPS) is 17.6. The minimum absolute atomic E-state index is 0.214. The number of piperidine rings is 1. The van der Waals surface area contributed by atoms with Gasteiger partial charge < -0.3 is 5.32 Å². The average Bonchev–Trinajstić information content (AvgIpc) is 3.20. The molecule has 6 nitrogen and oxygen atoms in total. The third kappa shape index (κ3) is 4.61. The highest BCUT2D eigenvalue weighted by molar-refractivity contribution is 7.88. The Hall–Kier alpha value is -2.55. The zero-order valence-corrected chi connectivity index (χ0v) is 18.2. The molecule has 8 heteroatoms. The molecule has 2 aromatic carbocycles. The molecule has 0 bridgehead atoms. The van der Waals surface area contributed by atoms with Gasteiger partial charge in [-0.3, -0.25) is 4.79 Å². The molecule has 1 N–H and O–H groups in total. The lowest BCUT2D eigenvalue weighted by Gasteiger charge is -2.31. The number of carbonyl (C=O) groups excluding carboxylic acids is 1. The van der Waals surface area contributed by atoms with E-state index in [2.05, 4.69) is 5.32 Å². The third-order valence-corrected chi connectivity index (χ3v) is 7.46. The second-order valence-electron chi connectivity index (χ2n) is 7.36. The molecule has 1 unspecified atom stereocenters. The Bertz CT molecular complexity index is 1130. The number of amides is 1. The van der Waals surface area contributed by atoms with Crippen LogP contribution in [0.4, 0.5) is 0 Å². The monoisotopic (exact) mass is 441 g/mol. The lowest BCUT2D eigenvalue weighted by atomic mass is 10.1. The Kier molecular flexibility index (Phi) is 5.99. The predicted octanol–water partition coefficient (Wildman–Crippen LogP) is 3.63. The Morgan fingerprint density at radius 2 is 1.70 bits per heavy atom. The fourth-order valence-corrected chi connectivity index (χ4v) is 5.49. The number of hydrogen-bond acceptors (Lipinski definition) is 5. The molecule has 2 heterocycles. The van der Waals surface area contributed by atoms with E-state index in [0.29, 0.717) is 23.7 Å². The molecule has 1 aliphatic rings. The van der Waals surface area contributed by atoms with Crippen LogP contribution in [0.5, 0.6) is 0 Å². The molecule has 1 amide bonds. The fourth-order valence-electron chi connectivity index (χ4n) is 3.58. The van der Waals surface area contributed by atoms with Gasteiger partial charge in [-0.1, -0.05) is 60.7 Å². The lowest BCUT2D eigenvalue weighted by molar-refractivity contribution is 0.0926. The Labute approximate surface area is 180 Å². The van der Waals surface area contributed by atoms with E-state index in [-0.39, 0.29) is 11.9 Å². The van der Waals surface area contributed by atoms with Gasteiger partial charge in [0, 0.05) is 30.3 Å². The number of hydrogen-bond donors (Lipinski definition) is 1. The van der Waals surface area contributed by atoms with E-state index in [1.807, 2.05) is 60.7 Å². The molecule has 0 spiro atoms. The van der Waals surface area contributed by atoms with Gasteiger partial charge in [-0.25, -0.2) is 17.7 Å². The molecular weight excluding hydrogens is 418 g/mol. The van der Waals surface area contributed by atoms with Gasteiger partial charge in [-0.05, 0) is 12.8 Å². The van der Waals surface area contributed by atoms with Gasteiger partial charge in [0.25, 0.3) is 5.91 Å². The summed E-state index contributed by atoms with van der Waals surface area (Å²) in [7, 11) is -3.27. The first-order valence-electron chi connectivity index (χ1n) is 9.79. The van der Waals surface area contributed by atoms with E-state index in [1.165, 1.54) is 21.9 Å². The molecule has 1 fully saturated rings. The largest absolute Gasteiger partial charge is 0.347 e. The highest BCUT2D eigenvalue weighted by atomic mass is 32.2. The molecule has 1 atom stereocenters. The predicted molar refractivity (Wildman–Crippen MR) is 120 cm³/mol. The zero-order chi connectivity index (χ0) is 21.1. The summed E-state index contributed by atoms with van der Waals surface area (Å²) in [5, 5.41) is 3.82. The second-order valence-corrected chi connectivity index (χ2v) is 10.3. The quantitative estimate of drug-likeness (QED) is 0.656. The number of rotatable bonds is 5. The van der Waals surface area contributed by atoms with Gasteiger partial charge in [-0.2, -0.15) is 0 Å². The van der Waals surface area contributed by atoms with Crippen LogP contribution >= 0.6 is 11.3 Å². The molecule has 1 saturated heterocycles. The highest BCUT2D eigenvalue weighted by Crippen LogP contribution is 2.34. The van der Waals surface area contributed by atoms with Crippen molar-refractivity contribution in [2.45, 2.75) is 18.9 Å². The summed E-state index contributed by atoms with van der Waals surface area (Å²) in [4.78, 5) is 18.5. The number of nitrogens with zero attached hydrogens (tertiary/aromatic N) is 2. The van der Waals surface area contributed by atoms with Gasteiger partial charge in [0.05, 0.1) is 11.9 Å². The van der Waals surface area contributed by atoms with Crippen LogP contribution in [0.1, 0.15) is 22.5 Å². The maximum atomic E-state index is 13.2. The van der Waals surface area contributed by atoms with Crippen molar-refractivity contribution in [3.8, 4) is 21.8 Å². The van der Waals surface area contributed by atoms with Gasteiger partial charge in [-0.15, -0.1) is 11.3 Å². The SMILES string of the molecule is CS(=O)(=O)N1CCCC(NC(=O)c2sc(-c3ccccc3)nc2-c2ccccc2)C1. The topological polar surface area (TPSA) is 79.4 Å². The first kappa shape index (κ1) is 20.7. The number of benzene rings is 2. The van der Waals surface area contributed by atoms with Crippen LogP contribution in [-0.4, -0.2) is 49.0 Å². The van der Waals surface area contributed by atoms with E-state index in [1.54, 1.807) is 0 Å². The van der Waals surface area contributed by atoms with Crippen LogP contribution in [0.25, 0.3) is 21.8 Å². The Morgan fingerprint density at radius 1 is 1.07 bits per heavy atom. The molecule has 1 aromatic heterocycles. The van der Waals surface area contributed by atoms with E-state index in [4.69, 9.17) is 4.98 Å². The van der Waals surface area contributed by atoms with Crippen molar-refractivity contribution in [2.24, 2.45) is 0 Å². The maximum Gasteiger partial charge on any atom is 0.263 e. The van der Waals surface area contributed by atoms with Crippen molar-refractivity contribution in [1.29, 1.82) is 0 Å².